The fourth-order valence-corrected chi connectivity index (χ4v) is 2.77. The van der Waals surface area contributed by atoms with Crippen molar-refractivity contribution >= 4 is 28.3 Å². The van der Waals surface area contributed by atoms with Crippen LogP contribution in [0.15, 0.2) is 57.7 Å². The van der Waals surface area contributed by atoms with Gasteiger partial charge in [-0.15, -0.1) is 0 Å². The standard InChI is InChI=1S/C20H18N2O6/c1-13-6-7-15-14(11-20(24)28-18(15)10-13)12-27-19(23)8-9-21-16-4-2-3-5-17(16)22(25)26/h2-7,10-11,21H,8-9,12H2,1H3. The lowest BCUT2D eigenvalue weighted by Crippen LogP contribution is -2.13. The second kappa shape index (κ2) is 8.34. The number of fused-ring (bicyclic) bond motifs is 1. The first-order chi connectivity index (χ1) is 13.4. The minimum Gasteiger partial charge on any atom is -0.461 e. The first kappa shape index (κ1) is 19.1. The van der Waals surface area contributed by atoms with Crippen molar-refractivity contribution in [1.29, 1.82) is 0 Å². The van der Waals surface area contributed by atoms with E-state index in [-0.39, 0.29) is 25.3 Å². The molecular weight excluding hydrogens is 364 g/mol. The Labute approximate surface area is 159 Å². The van der Waals surface area contributed by atoms with Crippen LogP contribution in [0.1, 0.15) is 17.5 Å². The Balaban J connectivity index is 1.59. The summed E-state index contributed by atoms with van der Waals surface area (Å²) in [6, 6.07) is 12.9. The molecule has 1 aromatic heterocycles. The second-order valence-corrected chi connectivity index (χ2v) is 6.20. The molecule has 0 fully saturated rings. The van der Waals surface area contributed by atoms with Gasteiger partial charge in [0.25, 0.3) is 5.69 Å². The molecule has 0 aliphatic rings. The van der Waals surface area contributed by atoms with Crippen molar-refractivity contribution in [3.8, 4) is 0 Å². The molecule has 0 unspecified atom stereocenters. The van der Waals surface area contributed by atoms with Gasteiger partial charge < -0.3 is 14.5 Å². The van der Waals surface area contributed by atoms with E-state index in [0.29, 0.717) is 22.2 Å². The van der Waals surface area contributed by atoms with E-state index in [0.717, 1.165) is 5.56 Å². The molecule has 8 heteroatoms. The second-order valence-electron chi connectivity index (χ2n) is 6.20. The molecule has 0 radical (unpaired) electrons. The summed E-state index contributed by atoms with van der Waals surface area (Å²) in [5.74, 6) is -0.486. The van der Waals surface area contributed by atoms with E-state index in [1.807, 2.05) is 19.1 Å². The lowest BCUT2D eigenvalue weighted by atomic mass is 10.1. The zero-order valence-electron chi connectivity index (χ0n) is 15.1. The summed E-state index contributed by atoms with van der Waals surface area (Å²) in [5.41, 5.74) is 1.71. The maximum absolute atomic E-state index is 12.0. The van der Waals surface area contributed by atoms with Crippen LogP contribution < -0.4 is 10.9 Å². The number of para-hydroxylation sites is 2. The van der Waals surface area contributed by atoms with Gasteiger partial charge >= 0.3 is 11.6 Å². The van der Waals surface area contributed by atoms with Gasteiger partial charge in [0.05, 0.1) is 11.3 Å². The maximum Gasteiger partial charge on any atom is 0.336 e. The summed E-state index contributed by atoms with van der Waals surface area (Å²) in [5, 5.41) is 14.5. The molecule has 0 aliphatic carbocycles. The molecule has 0 spiro atoms. The number of nitro groups is 1. The van der Waals surface area contributed by atoms with Gasteiger partial charge in [0.15, 0.2) is 0 Å². The summed E-state index contributed by atoms with van der Waals surface area (Å²) >= 11 is 0. The Hall–Kier alpha value is -3.68. The molecule has 1 heterocycles. The molecule has 3 rings (SSSR count). The largest absolute Gasteiger partial charge is 0.461 e. The molecule has 1 N–H and O–H groups in total. The maximum atomic E-state index is 12.0. The number of esters is 1. The smallest absolute Gasteiger partial charge is 0.336 e. The molecule has 0 saturated carbocycles. The number of ether oxygens (including phenoxy) is 1. The topological polar surface area (TPSA) is 112 Å². The molecular formula is C20H18N2O6. The highest BCUT2D eigenvalue weighted by Crippen LogP contribution is 2.23. The Morgan fingerprint density at radius 1 is 1.21 bits per heavy atom. The summed E-state index contributed by atoms with van der Waals surface area (Å²) in [4.78, 5) is 34.2. The number of aryl methyl sites for hydroxylation is 1. The Kier molecular flexibility index (Phi) is 5.69. The first-order valence-corrected chi connectivity index (χ1v) is 8.60. The van der Waals surface area contributed by atoms with Crippen LogP contribution >= 0.6 is 0 Å². The number of nitrogens with zero attached hydrogens (tertiary/aromatic N) is 1. The zero-order valence-corrected chi connectivity index (χ0v) is 15.1. The van der Waals surface area contributed by atoms with Crippen molar-refractivity contribution < 1.29 is 18.9 Å². The third-order valence-corrected chi connectivity index (χ3v) is 4.12. The Morgan fingerprint density at radius 3 is 2.79 bits per heavy atom. The molecule has 2 aromatic carbocycles. The highest BCUT2D eigenvalue weighted by molar-refractivity contribution is 5.81. The van der Waals surface area contributed by atoms with Crippen LogP contribution in [0.25, 0.3) is 11.0 Å². The average molecular weight is 382 g/mol. The van der Waals surface area contributed by atoms with Crippen LogP contribution in [-0.2, 0) is 16.1 Å². The third-order valence-electron chi connectivity index (χ3n) is 4.12. The van der Waals surface area contributed by atoms with Crippen LogP contribution in [0.2, 0.25) is 0 Å². The number of hydrogen-bond acceptors (Lipinski definition) is 7. The molecule has 0 aliphatic heterocycles. The Bertz CT molecular complexity index is 1090. The van der Waals surface area contributed by atoms with E-state index in [1.54, 1.807) is 24.3 Å². The van der Waals surface area contributed by atoms with E-state index in [1.165, 1.54) is 12.1 Å². The van der Waals surface area contributed by atoms with E-state index in [9.17, 15) is 19.7 Å². The minimum atomic E-state index is -0.512. The van der Waals surface area contributed by atoms with E-state index >= 15 is 0 Å². The van der Waals surface area contributed by atoms with Crippen molar-refractivity contribution in [3.05, 3.63) is 80.2 Å². The van der Waals surface area contributed by atoms with Gasteiger partial charge in [-0.25, -0.2) is 4.79 Å². The first-order valence-electron chi connectivity index (χ1n) is 8.60. The quantitative estimate of drug-likeness (QED) is 0.288. The van der Waals surface area contributed by atoms with Crippen LogP contribution in [-0.4, -0.2) is 17.4 Å². The predicted molar refractivity (Wildman–Crippen MR) is 103 cm³/mol. The summed E-state index contributed by atoms with van der Waals surface area (Å²) < 4.78 is 10.4. The van der Waals surface area contributed by atoms with Crippen LogP contribution in [0.5, 0.6) is 0 Å². The van der Waals surface area contributed by atoms with Crippen molar-refractivity contribution in [2.45, 2.75) is 20.0 Å². The number of nitrogens with one attached hydrogen (secondary N) is 1. The fraction of sp³-hybridized carbons (Fsp3) is 0.200. The summed E-state index contributed by atoms with van der Waals surface area (Å²) in [6.07, 6.45) is 0.0184. The molecule has 144 valence electrons. The van der Waals surface area contributed by atoms with Gasteiger partial charge in [-0.2, -0.15) is 0 Å². The normalized spacial score (nSPS) is 10.6. The van der Waals surface area contributed by atoms with Crippen LogP contribution in [0, 0.1) is 17.0 Å². The van der Waals surface area contributed by atoms with E-state index in [4.69, 9.17) is 9.15 Å². The van der Waals surface area contributed by atoms with Gasteiger partial charge in [-0.1, -0.05) is 24.3 Å². The number of rotatable bonds is 7. The molecule has 3 aromatic rings. The van der Waals surface area contributed by atoms with Crippen LogP contribution in [0.3, 0.4) is 0 Å². The molecule has 28 heavy (non-hydrogen) atoms. The highest BCUT2D eigenvalue weighted by Gasteiger charge is 2.13. The van der Waals surface area contributed by atoms with Gasteiger partial charge in [-0.05, 0) is 24.6 Å². The molecule has 0 bridgehead atoms. The number of carbonyl (C=O) groups is 1. The molecule has 8 nitrogen and oxygen atoms in total. The van der Waals surface area contributed by atoms with Crippen molar-refractivity contribution in [3.63, 3.8) is 0 Å². The minimum absolute atomic E-state index is 0.0184. The number of nitro benzene ring substituents is 1. The lowest BCUT2D eigenvalue weighted by Gasteiger charge is -2.09. The Morgan fingerprint density at radius 2 is 2.00 bits per heavy atom. The van der Waals surface area contributed by atoms with E-state index in [2.05, 4.69) is 5.32 Å². The van der Waals surface area contributed by atoms with E-state index < -0.39 is 16.5 Å². The monoisotopic (exact) mass is 382 g/mol. The van der Waals surface area contributed by atoms with Gasteiger partial charge in [0.1, 0.15) is 17.9 Å². The highest BCUT2D eigenvalue weighted by atomic mass is 16.6. The summed E-state index contributed by atoms with van der Waals surface area (Å²) in [6.45, 7) is 2.01. The third kappa shape index (κ3) is 4.53. The van der Waals surface area contributed by atoms with Crippen molar-refractivity contribution in [2.75, 3.05) is 11.9 Å². The average Bonchev–Trinajstić information content (AvgIpc) is 2.65. The molecule has 0 amide bonds. The molecule has 0 atom stereocenters. The van der Waals surface area contributed by atoms with Gasteiger partial charge in [0.2, 0.25) is 0 Å². The van der Waals surface area contributed by atoms with Gasteiger partial charge in [0, 0.05) is 29.6 Å². The number of carbonyl (C=O) groups excluding carboxylic acids is 1. The SMILES string of the molecule is Cc1ccc2c(COC(=O)CCNc3ccccc3[N+](=O)[O-])cc(=O)oc2c1. The lowest BCUT2D eigenvalue weighted by molar-refractivity contribution is -0.384. The number of benzene rings is 2. The number of anilines is 1. The predicted octanol–water partition coefficient (Wildman–Crippen LogP) is 3.56. The zero-order chi connectivity index (χ0) is 20.1. The fourth-order valence-electron chi connectivity index (χ4n) is 2.77. The van der Waals surface area contributed by atoms with Crippen molar-refractivity contribution in [2.24, 2.45) is 0 Å². The van der Waals surface area contributed by atoms with Crippen LogP contribution in [0.4, 0.5) is 11.4 Å². The van der Waals surface area contributed by atoms with Crippen molar-refractivity contribution in [1.82, 2.24) is 0 Å². The summed E-state index contributed by atoms with van der Waals surface area (Å²) in [7, 11) is 0. The molecule has 0 saturated heterocycles. The van der Waals surface area contributed by atoms with Gasteiger partial charge in [-0.3, -0.25) is 14.9 Å². The number of hydrogen-bond donors (Lipinski definition) is 1.